The molecule has 2 amide bonds. The summed E-state index contributed by atoms with van der Waals surface area (Å²) in [6.45, 7) is 1.93. The van der Waals surface area contributed by atoms with E-state index in [4.69, 9.17) is 0 Å². The van der Waals surface area contributed by atoms with Crippen molar-refractivity contribution in [3.8, 4) is 0 Å². The number of amides is 2. The number of hydrogen-bond donors (Lipinski definition) is 3. The third-order valence-corrected chi connectivity index (χ3v) is 7.07. The fourth-order valence-electron chi connectivity index (χ4n) is 4.21. The van der Waals surface area contributed by atoms with Crippen molar-refractivity contribution in [1.82, 2.24) is 0 Å². The molecule has 0 aliphatic heterocycles. The topological polar surface area (TPSA) is 95.5 Å². The van der Waals surface area contributed by atoms with E-state index in [1.165, 1.54) is 11.3 Å². The van der Waals surface area contributed by atoms with E-state index < -0.39 is 17.8 Å². The van der Waals surface area contributed by atoms with Crippen LogP contribution in [0, 0.1) is 18.8 Å². The molecule has 7 heteroatoms. The van der Waals surface area contributed by atoms with E-state index in [0.717, 1.165) is 41.0 Å². The molecule has 1 heterocycles. The molecule has 0 bridgehead atoms. The van der Waals surface area contributed by atoms with Crippen LogP contribution in [0.5, 0.6) is 0 Å². The van der Waals surface area contributed by atoms with Crippen molar-refractivity contribution in [2.45, 2.75) is 39.0 Å². The Labute approximate surface area is 179 Å². The van der Waals surface area contributed by atoms with Crippen molar-refractivity contribution in [3.63, 3.8) is 0 Å². The number of para-hydroxylation sites is 1. The molecule has 4 rings (SSSR count). The maximum Gasteiger partial charge on any atom is 0.307 e. The molecule has 0 saturated carbocycles. The number of rotatable bonds is 5. The number of hydrogen-bond acceptors (Lipinski definition) is 4. The Morgan fingerprint density at radius 3 is 2.50 bits per heavy atom. The molecule has 2 aliphatic carbocycles. The molecule has 0 saturated heterocycles. The first-order chi connectivity index (χ1) is 14.5. The summed E-state index contributed by atoms with van der Waals surface area (Å²) in [6.07, 6.45) is 7.09. The highest BCUT2D eigenvalue weighted by Gasteiger charge is 2.35. The first kappa shape index (κ1) is 20.3. The average Bonchev–Trinajstić information content (AvgIpc) is 3.30. The van der Waals surface area contributed by atoms with Crippen LogP contribution in [0.15, 0.2) is 36.4 Å². The minimum atomic E-state index is -0.967. The molecule has 0 fully saturated rings. The molecule has 1 aromatic carbocycles. The Balaban J connectivity index is 1.61. The number of anilines is 2. The van der Waals surface area contributed by atoms with Gasteiger partial charge in [0.15, 0.2) is 0 Å². The summed E-state index contributed by atoms with van der Waals surface area (Å²) in [6, 6.07) is 7.56. The average molecular weight is 425 g/mol. The molecule has 1 aromatic heterocycles. The van der Waals surface area contributed by atoms with Crippen LogP contribution in [0.25, 0.3) is 0 Å². The number of aryl methyl sites for hydroxylation is 2. The Bertz CT molecular complexity index is 1040. The van der Waals surface area contributed by atoms with Crippen molar-refractivity contribution in [2.75, 3.05) is 10.6 Å². The van der Waals surface area contributed by atoms with E-state index in [1.807, 2.05) is 43.3 Å². The van der Waals surface area contributed by atoms with Gasteiger partial charge in [-0.2, -0.15) is 0 Å². The van der Waals surface area contributed by atoms with Crippen LogP contribution in [0.4, 0.5) is 10.7 Å². The molecule has 2 aromatic rings. The molecule has 0 radical (unpaired) electrons. The first-order valence-electron chi connectivity index (χ1n) is 10.2. The van der Waals surface area contributed by atoms with Crippen molar-refractivity contribution >= 4 is 39.8 Å². The van der Waals surface area contributed by atoms with Crippen LogP contribution in [0.1, 0.15) is 45.6 Å². The summed E-state index contributed by atoms with van der Waals surface area (Å²) in [5.74, 6) is -2.93. The summed E-state index contributed by atoms with van der Waals surface area (Å²) in [5.41, 5.74) is 3.21. The molecule has 2 atom stereocenters. The maximum atomic E-state index is 13.2. The van der Waals surface area contributed by atoms with Gasteiger partial charge in [-0.25, -0.2) is 0 Å². The molecule has 0 unspecified atom stereocenters. The lowest BCUT2D eigenvalue weighted by molar-refractivity contribution is -0.146. The van der Waals surface area contributed by atoms with Gasteiger partial charge >= 0.3 is 5.97 Å². The molecular weight excluding hydrogens is 400 g/mol. The number of aliphatic carboxylic acids is 1. The Morgan fingerprint density at radius 2 is 1.77 bits per heavy atom. The van der Waals surface area contributed by atoms with Gasteiger partial charge in [0, 0.05) is 10.6 Å². The van der Waals surface area contributed by atoms with Gasteiger partial charge in [0.1, 0.15) is 5.00 Å². The number of thiophene rings is 1. The smallest absolute Gasteiger partial charge is 0.307 e. The van der Waals surface area contributed by atoms with Gasteiger partial charge in [0.05, 0.1) is 17.4 Å². The summed E-state index contributed by atoms with van der Waals surface area (Å²) in [7, 11) is 0. The fraction of sp³-hybridized carbons (Fsp3) is 0.348. The molecule has 0 spiro atoms. The Kier molecular flexibility index (Phi) is 5.72. The van der Waals surface area contributed by atoms with Crippen molar-refractivity contribution in [2.24, 2.45) is 11.8 Å². The zero-order valence-corrected chi connectivity index (χ0v) is 17.6. The van der Waals surface area contributed by atoms with Crippen molar-refractivity contribution in [1.29, 1.82) is 0 Å². The third-order valence-electron chi connectivity index (χ3n) is 5.86. The van der Waals surface area contributed by atoms with E-state index in [2.05, 4.69) is 10.6 Å². The second-order valence-corrected chi connectivity index (χ2v) is 8.92. The van der Waals surface area contributed by atoms with Crippen LogP contribution in [0.3, 0.4) is 0 Å². The van der Waals surface area contributed by atoms with Gasteiger partial charge in [-0.05, 0) is 56.2 Å². The lowest BCUT2D eigenvalue weighted by atomic mass is 9.82. The minimum absolute atomic E-state index is 0.239. The largest absolute Gasteiger partial charge is 0.481 e. The highest BCUT2D eigenvalue weighted by molar-refractivity contribution is 7.17. The number of nitrogens with one attached hydrogen (secondary N) is 2. The summed E-state index contributed by atoms with van der Waals surface area (Å²) < 4.78 is 0. The SMILES string of the molecule is Cc1ccccc1NC(=O)c1c(NC(=O)[C@@H]2CC=CC[C@@H]2C(=O)O)sc2c1CCC2. The number of carboxylic acid groups (broad SMARTS) is 1. The van der Waals surface area contributed by atoms with Crippen LogP contribution < -0.4 is 10.6 Å². The monoisotopic (exact) mass is 424 g/mol. The lowest BCUT2D eigenvalue weighted by Gasteiger charge is -2.24. The van der Waals surface area contributed by atoms with Crippen LogP contribution >= 0.6 is 11.3 Å². The molecule has 2 aliphatic rings. The quantitative estimate of drug-likeness (QED) is 0.620. The highest BCUT2D eigenvalue weighted by atomic mass is 32.1. The van der Waals surface area contributed by atoms with Crippen LogP contribution in [-0.2, 0) is 22.4 Å². The zero-order valence-electron chi connectivity index (χ0n) is 16.7. The number of carboxylic acids is 1. The molecular formula is C23H24N2O4S. The standard InChI is InChI=1S/C23H24N2O4S/c1-13-7-2-5-11-17(13)24-21(27)19-16-10-6-12-18(16)30-22(19)25-20(26)14-8-3-4-9-15(14)23(28)29/h2-5,7,11,14-15H,6,8-10,12H2,1H3,(H,24,27)(H,25,26)(H,28,29)/t14-,15+/m1/s1. The van der Waals surface area contributed by atoms with E-state index in [-0.39, 0.29) is 11.8 Å². The number of carbonyl (C=O) groups is 3. The van der Waals surface area contributed by atoms with E-state index in [0.29, 0.717) is 23.4 Å². The summed E-state index contributed by atoms with van der Waals surface area (Å²) >= 11 is 1.44. The summed E-state index contributed by atoms with van der Waals surface area (Å²) in [4.78, 5) is 38.8. The van der Waals surface area contributed by atoms with E-state index >= 15 is 0 Å². The normalized spacial score (nSPS) is 19.9. The predicted octanol–water partition coefficient (Wildman–Crippen LogP) is 4.40. The van der Waals surface area contributed by atoms with Crippen molar-refractivity contribution in [3.05, 3.63) is 58.0 Å². The van der Waals surface area contributed by atoms with Gasteiger partial charge in [-0.1, -0.05) is 30.4 Å². The van der Waals surface area contributed by atoms with Gasteiger partial charge in [0.25, 0.3) is 5.91 Å². The number of allylic oxidation sites excluding steroid dienone is 2. The highest BCUT2D eigenvalue weighted by Crippen LogP contribution is 2.40. The predicted molar refractivity (Wildman–Crippen MR) is 117 cm³/mol. The number of benzene rings is 1. The molecule has 6 nitrogen and oxygen atoms in total. The van der Waals surface area contributed by atoms with E-state index in [9.17, 15) is 19.5 Å². The van der Waals surface area contributed by atoms with E-state index in [1.54, 1.807) is 0 Å². The summed E-state index contributed by atoms with van der Waals surface area (Å²) in [5, 5.41) is 15.9. The maximum absolute atomic E-state index is 13.2. The Hall–Kier alpha value is -2.93. The molecule has 3 N–H and O–H groups in total. The number of carbonyl (C=O) groups excluding carboxylic acids is 2. The number of fused-ring (bicyclic) bond motifs is 1. The van der Waals surface area contributed by atoms with Crippen molar-refractivity contribution < 1.29 is 19.5 Å². The van der Waals surface area contributed by atoms with Gasteiger partial charge in [-0.3, -0.25) is 14.4 Å². The minimum Gasteiger partial charge on any atom is -0.481 e. The van der Waals surface area contributed by atoms with Crippen LogP contribution in [-0.4, -0.2) is 22.9 Å². The first-order valence-corrected chi connectivity index (χ1v) is 11.0. The third kappa shape index (κ3) is 3.89. The molecule has 156 valence electrons. The van der Waals surface area contributed by atoms with Gasteiger partial charge in [-0.15, -0.1) is 11.3 Å². The fourth-order valence-corrected chi connectivity index (χ4v) is 5.50. The second-order valence-electron chi connectivity index (χ2n) is 7.81. The second kappa shape index (κ2) is 8.44. The van der Waals surface area contributed by atoms with Crippen LogP contribution in [0.2, 0.25) is 0 Å². The van der Waals surface area contributed by atoms with Gasteiger partial charge < -0.3 is 15.7 Å². The zero-order chi connectivity index (χ0) is 21.3. The lowest BCUT2D eigenvalue weighted by Crippen LogP contribution is -2.35. The Morgan fingerprint density at radius 1 is 1.03 bits per heavy atom. The van der Waals surface area contributed by atoms with Gasteiger partial charge in [0.2, 0.25) is 5.91 Å². The molecule has 30 heavy (non-hydrogen) atoms.